The third kappa shape index (κ3) is 4.27. The van der Waals surface area contributed by atoms with Gasteiger partial charge in [-0.2, -0.15) is 0 Å². The van der Waals surface area contributed by atoms with Crippen LogP contribution in [0.4, 0.5) is 0 Å². The highest BCUT2D eigenvalue weighted by Gasteiger charge is 2.61. The summed E-state index contributed by atoms with van der Waals surface area (Å²) in [7, 11) is 0. The van der Waals surface area contributed by atoms with Gasteiger partial charge in [0.25, 0.3) is 0 Å². The Labute approximate surface area is 310 Å². The fraction of sp³-hybridized carbons (Fsp3) is 0.245. The standard InChI is InChI=1S/C49H40N4/c1-3-11-32(12-4-1)46-50-47(33-13-5-2-6-14-33)52-48(51-46)34-19-21-37(22-20-34)53-44-18-10-8-16-39(44)41-28-40-38-15-7-9-17-42(38)49(43(40)29-45(41)53)35-24-30-23-31(26-35)27-36(49)25-30/h1-7,9-15,17-22,28-31,35-36H,8,16,23-27H2. The maximum Gasteiger partial charge on any atom is 0.164 e. The van der Waals surface area contributed by atoms with Gasteiger partial charge in [0.15, 0.2) is 17.5 Å². The Balaban J connectivity index is 1.02. The van der Waals surface area contributed by atoms with E-state index in [9.17, 15) is 0 Å². The molecule has 4 bridgehead atoms. The van der Waals surface area contributed by atoms with Crippen molar-refractivity contribution in [1.29, 1.82) is 0 Å². The third-order valence-corrected chi connectivity index (χ3v) is 13.7. The molecule has 5 aromatic carbocycles. The van der Waals surface area contributed by atoms with Gasteiger partial charge in [0.1, 0.15) is 0 Å². The van der Waals surface area contributed by atoms with E-state index in [2.05, 4.69) is 102 Å². The first-order valence-corrected chi connectivity index (χ1v) is 19.7. The zero-order valence-corrected chi connectivity index (χ0v) is 29.7. The molecular formula is C49H40N4. The van der Waals surface area contributed by atoms with Gasteiger partial charge in [-0.3, -0.25) is 0 Å². The summed E-state index contributed by atoms with van der Waals surface area (Å²) in [5, 5.41) is 1.42. The summed E-state index contributed by atoms with van der Waals surface area (Å²) >= 11 is 0. The molecule has 4 nitrogen and oxygen atoms in total. The molecule has 4 fully saturated rings. The summed E-state index contributed by atoms with van der Waals surface area (Å²) in [6.45, 7) is 0. The molecule has 7 aromatic rings. The Morgan fingerprint density at radius 2 is 1.13 bits per heavy atom. The van der Waals surface area contributed by atoms with Crippen molar-refractivity contribution in [1.82, 2.24) is 19.5 Å². The lowest BCUT2D eigenvalue weighted by Crippen LogP contribution is -2.55. The Bertz CT molecular complexity index is 2530. The van der Waals surface area contributed by atoms with Crippen LogP contribution in [0.2, 0.25) is 0 Å². The molecule has 0 unspecified atom stereocenters. The van der Waals surface area contributed by atoms with Crippen molar-refractivity contribution in [2.24, 2.45) is 23.7 Å². The fourth-order valence-electron chi connectivity index (χ4n) is 11.8. The molecule has 6 aliphatic rings. The van der Waals surface area contributed by atoms with E-state index in [0.29, 0.717) is 17.5 Å². The van der Waals surface area contributed by atoms with E-state index in [1.54, 1.807) is 11.1 Å². The van der Waals surface area contributed by atoms with E-state index in [1.807, 2.05) is 36.4 Å². The van der Waals surface area contributed by atoms with Gasteiger partial charge in [0.2, 0.25) is 0 Å². The van der Waals surface area contributed by atoms with Gasteiger partial charge in [-0.05, 0) is 139 Å². The quantitative estimate of drug-likeness (QED) is 0.185. The highest BCUT2D eigenvalue weighted by Crippen LogP contribution is 2.69. The molecule has 2 heterocycles. The van der Waals surface area contributed by atoms with Crippen LogP contribution in [-0.4, -0.2) is 19.5 Å². The lowest BCUT2D eigenvalue weighted by molar-refractivity contribution is -0.0399. The number of benzene rings is 5. The number of aromatic nitrogens is 4. The minimum Gasteiger partial charge on any atom is -0.310 e. The van der Waals surface area contributed by atoms with Crippen LogP contribution in [0, 0.1) is 23.7 Å². The third-order valence-electron chi connectivity index (χ3n) is 13.7. The first kappa shape index (κ1) is 29.9. The van der Waals surface area contributed by atoms with Gasteiger partial charge >= 0.3 is 0 Å². The molecule has 0 radical (unpaired) electrons. The second-order valence-corrected chi connectivity index (χ2v) is 16.4. The molecule has 0 amide bonds. The molecule has 53 heavy (non-hydrogen) atoms. The lowest BCUT2D eigenvalue weighted by Gasteiger charge is -2.61. The van der Waals surface area contributed by atoms with Crippen LogP contribution < -0.4 is 0 Å². The minimum absolute atomic E-state index is 0.147. The SMILES string of the molecule is C1=Cc2c(c3cc4c(cc3n2-c2ccc(-c3nc(-c5ccccc5)nc(-c5ccccc5)n3)cc2)C2(c3ccccc3-4)C3CC4CC(C3)CC2C4)CC1. The second-order valence-electron chi connectivity index (χ2n) is 16.4. The van der Waals surface area contributed by atoms with Crippen molar-refractivity contribution in [3.05, 3.63) is 150 Å². The average molecular weight is 685 g/mol. The molecule has 256 valence electrons. The first-order valence-electron chi connectivity index (χ1n) is 19.7. The van der Waals surface area contributed by atoms with Gasteiger partial charge in [-0.15, -0.1) is 0 Å². The van der Waals surface area contributed by atoms with Gasteiger partial charge in [0.05, 0.1) is 5.52 Å². The van der Waals surface area contributed by atoms with Crippen LogP contribution in [0.15, 0.2) is 127 Å². The molecule has 0 aliphatic heterocycles. The molecule has 6 aliphatic carbocycles. The number of rotatable bonds is 4. The smallest absolute Gasteiger partial charge is 0.164 e. The predicted octanol–water partition coefficient (Wildman–Crippen LogP) is 11.5. The maximum atomic E-state index is 5.02. The van der Waals surface area contributed by atoms with Crippen LogP contribution in [-0.2, 0) is 11.8 Å². The van der Waals surface area contributed by atoms with E-state index in [-0.39, 0.29) is 5.41 Å². The van der Waals surface area contributed by atoms with Crippen molar-refractivity contribution in [3.63, 3.8) is 0 Å². The van der Waals surface area contributed by atoms with Crippen LogP contribution >= 0.6 is 0 Å². The van der Waals surface area contributed by atoms with Crippen LogP contribution in [0.5, 0.6) is 0 Å². The van der Waals surface area contributed by atoms with E-state index in [0.717, 1.165) is 53.2 Å². The van der Waals surface area contributed by atoms with Crippen molar-refractivity contribution in [3.8, 4) is 51.0 Å². The number of hydrogen-bond acceptors (Lipinski definition) is 3. The molecule has 4 saturated carbocycles. The van der Waals surface area contributed by atoms with Gasteiger partial charge in [-0.25, -0.2) is 15.0 Å². The number of fused-ring (bicyclic) bond motifs is 6. The molecule has 13 rings (SSSR count). The maximum absolute atomic E-state index is 5.02. The normalized spacial score (nSPS) is 24.5. The zero-order valence-electron chi connectivity index (χ0n) is 29.7. The van der Waals surface area contributed by atoms with Gasteiger partial charge in [-0.1, -0.05) is 91.0 Å². The van der Waals surface area contributed by atoms with E-state index >= 15 is 0 Å². The second kappa shape index (κ2) is 11.2. The molecule has 0 atom stereocenters. The van der Waals surface area contributed by atoms with Crippen LogP contribution in [0.1, 0.15) is 60.9 Å². The van der Waals surface area contributed by atoms with Gasteiger partial charge in [0, 0.05) is 38.9 Å². The van der Waals surface area contributed by atoms with Crippen molar-refractivity contribution >= 4 is 17.0 Å². The largest absolute Gasteiger partial charge is 0.310 e. The van der Waals surface area contributed by atoms with Crippen molar-refractivity contribution in [2.45, 2.75) is 50.4 Å². The van der Waals surface area contributed by atoms with Gasteiger partial charge < -0.3 is 4.57 Å². The molecule has 4 heteroatoms. The summed E-state index contributed by atoms with van der Waals surface area (Å²) in [4.78, 5) is 14.9. The summed E-state index contributed by atoms with van der Waals surface area (Å²) in [5.41, 5.74) is 14.7. The van der Waals surface area contributed by atoms with E-state index in [4.69, 9.17) is 15.0 Å². The Hall–Kier alpha value is -5.61. The summed E-state index contributed by atoms with van der Waals surface area (Å²) in [6.07, 6.45) is 14.0. The summed E-state index contributed by atoms with van der Waals surface area (Å²) in [5.74, 6) is 5.41. The van der Waals surface area contributed by atoms with E-state index < -0.39 is 0 Å². The molecule has 0 saturated heterocycles. The summed E-state index contributed by atoms with van der Waals surface area (Å²) in [6, 6.07) is 44.1. The highest BCUT2D eigenvalue weighted by molar-refractivity contribution is 5.98. The first-order chi connectivity index (χ1) is 26.2. The predicted molar refractivity (Wildman–Crippen MR) is 214 cm³/mol. The number of hydrogen-bond donors (Lipinski definition) is 0. The fourth-order valence-corrected chi connectivity index (χ4v) is 11.8. The van der Waals surface area contributed by atoms with Crippen LogP contribution in [0.25, 0.3) is 68.0 Å². The minimum atomic E-state index is 0.147. The lowest BCUT2D eigenvalue weighted by atomic mass is 9.43. The molecule has 1 spiro atoms. The Morgan fingerprint density at radius 1 is 0.547 bits per heavy atom. The summed E-state index contributed by atoms with van der Waals surface area (Å²) < 4.78 is 2.55. The Morgan fingerprint density at radius 3 is 1.77 bits per heavy atom. The average Bonchev–Trinajstić information content (AvgIpc) is 3.69. The van der Waals surface area contributed by atoms with Crippen molar-refractivity contribution in [2.75, 3.05) is 0 Å². The number of allylic oxidation sites excluding steroid dienone is 1. The van der Waals surface area contributed by atoms with E-state index in [1.165, 1.54) is 71.1 Å². The molecule has 2 aromatic heterocycles. The number of nitrogens with zero attached hydrogens (tertiary/aromatic N) is 4. The highest BCUT2D eigenvalue weighted by atomic mass is 15.0. The molecular weight excluding hydrogens is 645 g/mol. The number of aryl methyl sites for hydroxylation is 1. The van der Waals surface area contributed by atoms with Crippen molar-refractivity contribution < 1.29 is 0 Å². The van der Waals surface area contributed by atoms with Crippen LogP contribution in [0.3, 0.4) is 0 Å². The molecule has 0 N–H and O–H groups in total. The zero-order chi connectivity index (χ0) is 34.7. The Kier molecular flexibility index (Phi) is 6.32. The monoisotopic (exact) mass is 684 g/mol. The topological polar surface area (TPSA) is 43.6 Å².